The van der Waals surface area contributed by atoms with Crippen molar-refractivity contribution in [1.29, 1.82) is 0 Å². The monoisotopic (exact) mass is 289 g/mol. The Morgan fingerprint density at radius 1 is 1.40 bits per heavy atom. The van der Waals surface area contributed by atoms with Crippen molar-refractivity contribution in [1.82, 2.24) is 9.97 Å². The molecule has 1 amide bonds. The van der Waals surface area contributed by atoms with Crippen molar-refractivity contribution in [2.45, 2.75) is 25.7 Å². The Hall–Kier alpha value is -1.95. The van der Waals surface area contributed by atoms with Gasteiger partial charge in [0, 0.05) is 11.1 Å². The second-order valence-corrected chi connectivity index (χ2v) is 5.69. The van der Waals surface area contributed by atoms with E-state index in [9.17, 15) is 4.79 Å². The fourth-order valence-electron chi connectivity index (χ4n) is 2.30. The molecule has 0 aliphatic heterocycles. The number of rotatable bonds is 3. The molecular formula is C14H15N3O2S. The molecular weight excluding hydrogens is 274 g/mol. The average molecular weight is 289 g/mol. The van der Waals surface area contributed by atoms with Crippen molar-refractivity contribution in [3.8, 4) is 5.88 Å². The van der Waals surface area contributed by atoms with Crippen LogP contribution in [0.5, 0.6) is 5.88 Å². The zero-order valence-corrected chi connectivity index (χ0v) is 12.0. The van der Waals surface area contributed by atoms with Crippen LogP contribution in [0.15, 0.2) is 18.3 Å². The molecule has 2 aromatic rings. The summed E-state index contributed by atoms with van der Waals surface area (Å²) in [6.45, 7) is 0. The van der Waals surface area contributed by atoms with Crippen LogP contribution in [0, 0.1) is 0 Å². The number of amides is 1. The van der Waals surface area contributed by atoms with Crippen LogP contribution >= 0.6 is 11.3 Å². The lowest BCUT2D eigenvalue weighted by Crippen LogP contribution is -2.13. The van der Waals surface area contributed by atoms with E-state index in [2.05, 4.69) is 15.3 Å². The summed E-state index contributed by atoms with van der Waals surface area (Å²) in [5.41, 5.74) is 1.55. The lowest BCUT2D eigenvalue weighted by Gasteiger charge is -2.06. The Labute approximate surface area is 121 Å². The van der Waals surface area contributed by atoms with Gasteiger partial charge in [-0.2, -0.15) is 0 Å². The van der Waals surface area contributed by atoms with Crippen molar-refractivity contribution in [3.63, 3.8) is 0 Å². The largest absolute Gasteiger partial charge is 0.480 e. The van der Waals surface area contributed by atoms with Gasteiger partial charge in [-0.15, -0.1) is 11.3 Å². The van der Waals surface area contributed by atoms with Gasteiger partial charge in [0.15, 0.2) is 5.13 Å². The smallest absolute Gasteiger partial charge is 0.262 e. The van der Waals surface area contributed by atoms with Crippen molar-refractivity contribution in [2.75, 3.05) is 12.4 Å². The number of methoxy groups -OCH3 is 1. The summed E-state index contributed by atoms with van der Waals surface area (Å²) in [6, 6.07) is 3.40. The summed E-state index contributed by atoms with van der Waals surface area (Å²) in [5.74, 6) is 0.0902. The summed E-state index contributed by atoms with van der Waals surface area (Å²) < 4.78 is 5.10. The topological polar surface area (TPSA) is 64.1 Å². The van der Waals surface area contributed by atoms with Crippen LogP contribution in [0.3, 0.4) is 0 Å². The number of aryl methyl sites for hydroxylation is 2. The zero-order valence-electron chi connectivity index (χ0n) is 11.2. The van der Waals surface area contributed by atoms with Gasteiger partial charge in [0.1, 0.15) is 5.56 Å². The van der Waals surface area contributed by atoms with E-state index < -0.39 is 0 Å². The van der Waals surface area contributed by atoms with Gasteiger partial charge in [0.05, 0.1) is 12.8 Å². The van der Waals surface area contributed by atoms with E-state index in [1.54, 1.807) is 29.7 Å². The van der Waals surface area contributed by atoms with Crippen molar-refractivity contribution < 1.29 is 9.53 Å². The molecule has 0 spiro atoms. The summed E-state index contributed by atoms with van der Waals surface area (Å²) >= 11 is 1.57. The summed E-state index contributed by atoms with van der Waals surface area (Å²) in [5, 5.41) is 3.50. The number of thiazole rings is 1. The Kier molecular flexibility index (Phi) is 3.64. The highest BCUT2D eigenvalue weighted by atomic mass is 32.1. The second kappa shape index (κ2) is 5.58. The van der Waals surface area contributed by atoms with E-state index in [1.807, 2.05) is 0 Å². The summed E-state index contributed by atoms with van der Waals surface area (Å²) in [4.78, 5) is 22.1. The molecule has 0 saturated carbocycles. The molecule has 3 rings (SSSR count). The van der Waals surface area contributed by atoms with E-state index in [0.29, 0.717) is 16.6 Å². The maximum atomic E-state index is 12.2. The second-order valence-electron chi connectivity index (χ2n) is 4.61. The van der Waals surface area contributed by atoms with Crippen LogP contribution in [-0.4, -0.2) is 23.0 Å². The number of fused-ring (bicyclic) bond motifs is 1. The van der Waals surface area contributed by atoms with E-state index in [0.717, 1.165) is 18.5 Å². The van der Waals surface area contributed by atoms with E-state index in [4.69, 9.17) is 4.74 Å². The molecule has 0 atom stereocenters. The van der Waals surface area contributed by atoms with Gasteiger partial charge in [-0.3, -0.25) is 10.1 Å². The first kappa shape index (κ1) is 13.1. The van der Waals surface area contributed by atoms with Crippen LogP contribution in [0.25, 0.3) is 0 Å². The third kappa shape index (κ3) is 2.51. The predicted octanol–water partition coefficient (Wildman–Crippen LogP) is 2.68. The number of hydrogen-bond acceptors (Lipinski definition) is 5. The zero-order chi connectivity index (χ0) is 13.9. The molecule has 0 aromatic carbocycles. The number of anilines is 1. The number of ether oxygens (including phenoxy) is 1. The molecule has 0 saturated heterocycles. The Balaban J connectivity index is 1.80. The van der Waals surface area contributed by atoms with Gasteiger partial charge in [0.25, 0.3) is 5.91 Å². The Bertz CT molecular complexity index is 616. The third-order valence-corrected chi connectivity index (χ3v) is 4.35. The number of hydrogen-bond donors (Lipinski definition) is 1. The molecule has 2 aromatic heterocycles. The Morgan fingerprint density at radius 3 is 3.05 bits per heavy atom. The number of pyridine rings is 1. The van der Waals surface area contributed by atoms with E-state index >= 15 is 0 Å². The van der Waals surface area contributed by atoms with Gasteiger partial charge < -0.3 is 4.74 Å². The predicted molar refractivity (Wildman–Crippen MR) is 77.5 cm³/mol. The fraction of sp³-hybridized carbons (Fsp3) is 0.357. The minimum atomic E-state index is -0.235. The van der Waals surface area contributed by atoms with Gasteiger partial charge in [-0.05, 0) is 37.8 Å². The quantitative estimate of drug-likeness (QED) is 0.943. The molecule has 20 heavy (non-hydrogen) atoms. The van der Waals surface area contributed by atoms with Crippen LogP contribution < -0.4 is 10.1 Å². The van der Waals surface area contributed by atoms with E-state index in [1.165, 1.54) is 24.8 Å². The molecule has 0 radical (unpaired) electrons. The van der Waals surface area contributed by atoms with E-state index in [-0.39, 0.29) is 5.91 Å². The van der Waals surface area contributed by atoms with Crippen molar-refractivity contribution in [3.05, 3.63) is 34.5 Å². The SMILES string of the molecule is COc1ncccc1C(=O)Nc1nc2c(s1)CCCC2. The number of carbonyl (C=O) groups excluding carboxylic acids is 1. The maximum Gasteiger partial charge on any atom is 0.262 e. The third-order valence-electron chi connectivity index (χ3n) is 3.28. The Morgan fingerprint density at radius 2 is 2.25 bits per heavy atom. The average Bonchev–Trinajstić information content (AvgIpc) is 2.89. The molecule has 104 valence electrons. The number of nitrogens with zero attached hydrogens (tertiary/aromatic N) is 2. The molecule has 1 aliphatic carbocycles. The van der Waals surface area contributed by atoms with Gasteiger partial charge in [-0.25, -0.2) is 9.97 Å². The highest BCUT2D eigenvalue weighted by Gasteiger charge is 2.18. The summed E-state index contributed by atoms with van der Waals surface area (Å²) in [7, 11) is 1.50. The minimum Gasteiger partial charge on any atom is -0.480 e. The molecule has 2 heterocycles. The molecule has 6 heteroatoms. The van der Waals surface area contributed by atoms with Crippen LogP contribution in [-0.2, 0) is 12.8 Å². The number of carbonyl (C=O) groups is 1. The minimum absolute atomic E-state index is 0.235. The van der Waals surface area contributed by atoms with Gasteiger partial charge >= 0.3 is 0 Å². The van der Waals surface area contributed by atoms with Crippen LogP contribution in [0.1, 0.15) is 33.8 Å². The van der Waals surface area contributed by atoms with Gasteiger partial charge in [-0.1, -0.05) is 0 Å². The lowest BCUT2D eigenvalue weighted by atomic mass is 10.0. The maximum absolute atomic E-state index is 12.2. The normalized spacial score (nSPS) is 13.7. The summed E-state index contributed by atoms with van der Waals surface area (Å²) in [6.07, 6.45) is 6.06. The first-order valence-corrected chi connectivity index (χ1v) is 7.38. The molecule has 1 N–H and O–H groups in total. The van der Waals surface area contributed by atoms with Crippen molar-refractivity contribution >= 4 is 22.4 Å². The van der Waals surface area contributed by atoms with Crippen LogP contribution in [0.2, 0.25) is 0 Å². The van der Waals surface area contributed by atoms with Gasteiger partial charge in [0.2, 0.25) is 5.88 Å². The first-order valence-electron chi connectivity index (χ1n) is 6.57. The molecule has 1 aliphatic rings. The van der Waals surface area contributed by atoms with Crippen molar-refractivity contribution in [2.24, 2.45) is 0 Å². The highest BCUT2D eigenvalue weighted by Crippen LogP contribution is 2.30. The number of nitrogens with one attached hydrogen (secondary N) is 1. The van der Waals surface area contributed by atoms with Crippen LogP contribution in [0.4, 0.5) is 5.13 Å². The molecule has 0 fully saturated rings. The standard InChI is InChI=1S/C14H15N3O2S/c1-19-13-9(5-4-8-15-13)12(18)17-14-16-10-6-2-3-7-11(10)20-14/h4-5,8H,2-3,6-7H2,1H3,(H,16,17,18). The first-order chi connectivity index (χ1) is 9.78. The lowest BCUT2D eigenvalue weighted by molar-refractivity contribution is 0.102. The highest BCUT2D eigenvalue weighted by molar-refractivity contribution is 7.15. The number of aromatic nitrogens is 2. The molecule has 0 unspecified atom stereocenters. The molecule has 5 nitrogen and oxygen atoms in total. The fourth-order valence-corrected chi connectivity index (χ4v) is 3.34. The molecule has 0 bridgehead atoms.